The van der Waals surface area contributed by atoms with Crippen LogP contribution in [0.4, 0.5) is 5.69 Å². The fraction of sp³-hybridized carbons (Fsp3) is 0.211. The minimum atomic E-state index is -0.230. The highest BCUT2D eigenvalue weighted by molar-refractivity contribution is 7.99. The van der Waals surface area contributed by atoms with Crippen LogP contribution in [-0.4, -0.2) is 33.5 Å². The van der Waals surface area contributed by atoms with E-state index in [9.17, 15) is 4.79 Å². The van der Waals surface area contributed by atoms with Crippen LogP contribution in [0, 0.1) is 0 Å². The molecule has 3 rings (SSSR count). The third-order valence-electron chi connectivity index (χ3n) is 3.97. The lowest BCUT2D eigenvalue weighted by atomic mass is 10.2. The van der Waals surface area contributed by atoms with Crippen LogP contribution in [0.25, 0.3) is 11.4 Å². The van der Waals surface area contributed by atoms with E-state index >= 15 is 0 Å². The number of halogens is 3. The van der Waals surface area contributed by atoms with E-state index < -0.39 is 0 Å². The zero-order valence-electron chi connectivity index (χ0n) is 15.6. The Labute approximate surface area is 187 Å². The van der Waals surface area contributed by atoms with Crippen LogP contribution >= 0.6 is 46.6 Å². The van der Waals surface area contributed by atoms with Gasteiger partial charge in [-0.25, -0.2) is 0 Å². The number of hydrogen-bond acceptors (Lipinski definition) is 5. The van der Waals surface area contributed by atoms with Crippen LogP contribution in [0.3, 0.4) is 0 Å². The first-order chi connectivity index (χ1) is 13.9. The Kier molecular flexibility index (Phi) is 7.29. The fourth-order valence-electron chi connectivity index (χ4n) is 2.64. The Morgan fingerprint density at radius 2 is 1.86 bits per heavy atom. The molecule has 0 atom stereocenters. The highest BCUT2D eigenvalue weighted by Gasteiger charge is 2.18. The number of thioether (sulfide) groups is 1. The molecule has 0 saturated carbocycles. The molecule has 0 aliphatic rings. The molecule has 2 aromatic carbocycles. The molecular weight excluding hydrogens is 455 g/mol. The van der Waals surface area contributed by atoms with Crippen LogP contribution < -0.4 is 10.1 Å². The molecule has 0 radical (unpaired) electrons. The molecule has 0 saturated heterocycles. The quantitative estimate of drug-likeness (QED) is 0.450. The molecule has 29 heavy (non-hydrogen) atoms. The van der Waals surface area contributed by atoms with Gasteiger partial charge in [0.1, 0.15) is 5.75 Å². The topological polar surface area (TPSA) is 69.0 Å². The lowest BCUT2D eigenvalue weighted by Gasteiger charge is -2.11. The zero-order chi connectivity index (χ0) is 21.0. The molecule has 0 spiro atoms. The molecule has 0 bridgehead atoms. The van der Waals surface area contributed by atoms with E-state index in [1.54, 1.807) is 43.5 Å². The summed E-state index contributed by atoms with van der Waals surface area (Å²) in [5.41, 5.74) is 1.20. The van der Waals surface area contributed by atoms with E-state index in [-0.39, 0.29) is 11.7 Å². The molecule has 0 aliphatic carbocycles. The number of nitrogens with zero attached hydrogens (tertiary/aromatic N) is 3. The van der Waals surface area contributed by atoms with Crippen LogP contribution in [0.15, 0.2) is 41.6 Å². The van der Waals surface area contributed by atoms with Gasteiger partial charge in [-0.1, -0.05) is 46.6 Å². The maximum absolute atomic E-state index is 12.3. The molecule has 0 aliphatic heterocycles. The van der Waals surface area contributed by atoms with Gasteiger partial charge < -0.3 is 14.6 Å². The van der Waals surface area contributed by atoms with Gasteiger partial charge in [0, 0.05) is 16.6 Å². The zero-order valence-corrected chi connectivity index (χ0v) is 18.7. The molecule has 0 fully saturated rings. The van der Waals surface area contributed by atoms with Gasteiger partial charge in [-0.3, -0.25) is 4.79 Å². The lowest BCUT2D eigenvalue weighted by molar-refractivity contribution is -0.113. The first-order valence-corrected chi connectivity index (χ1v) is 10.7. The normalized spacial score (nSPS) is 10.8. The summed E-state index contributed by atoms with van der Waals surface area (Å²) in [4.78, 5) is 12.3. The summed E-state index contributed by atoms with van der Waals surface area (Å²) < 4.78 is 7.32. The Hall–Kier alpha value is -1.93. The molecule has 3 aromatic rings. The maximum Gasteiger partial charge on any atom is 0.234 e. The molecular formula is C19H17Cl3N4O2S. The van der Waals surface area contributed by atoms with Crippen molar-refractivity contribution in [3.63, 3.8) is 0 Å². The van der Waals surface area contributed by atoms with Crippen LogP contribution in [0.1, 0.15) is 6.92 Å². The molecule has 6 nitrogen and oxygen atoms in total. The van der Waals surface area contributed by atoms with Crippen molar-refractivity contribution in [1.82, 2.24) is 14.8 Å². The number of nitrogens with one attached hydrogen (secondary N) is 1. The summed E-state index contributed by atoms with van der Waals surface area (Å²) in [6.07, 6.45) is 0. The summed E-state index contributed by atoms with van der Waals surface area (Å²) in [5, 5.41) is 13.3. The van der Waals surface area contributed by atoms with Gasteiger partial charge in [0.15, 0.2) is 11.0 Å². The third kappa shape index (κ3) is 5.17. The Balaban J connectivity index is 1.77. The molecule has 10 heteroatoms. The molecule has 1 heterocycles. The average molecular weight is 472 g/mol. The molecule has 1 amide bonds. The second-order valence-corrected chi connectivity index (χ2v) is 8.08. The molecule has 1 N–H and O–H groups in total. The molecule has 1 aromatic heterocycles. The predicted octanol–water partition coefficient (Wildman–Crippen LogP) is 5.66. The van der Waals surface area contributed by atoms with E-state index in [2.05, 4.69) is 15.5 Å². The summed E-state index contributed by atoms with van der Waals surface area (Å²) in [6, 6.07) is 10.2. The minimum Gasteiger partial charge on any atom is -0.496 e. The minimum absolute atomic E-state index is 0.133. The number of anilines is 1. The fourth-order valence-corrected chi connectivity index (χ4v) is 3.96. The predicted molar refractivity (Wildman–Crippen MR) is 119 cm³/mol. The van der Waals surface area contributed by atoms with Gasteiger partial charge in [0.05, 0.1) is 29.1 Å². The van der Waals surface area contributed by atoms with E-state index in [0.717, 1.165) is 5.56 Å². The van der Waals surface area contributed by atoms with Crippen molar-refractivity contribution in [2.45, 2.75) is 18.6 Å². The van der Waals surface area contributed by atoms with Gasteiger partial charge in [-0.15, -0.1) is 10.2 Å². The van der Waals surface area contributed by atoms with Crippen LogP contribution in [0.2, 0.25) is 15.1 Å². The van der Waals surface area contributed by atoms with Crippen molar-refractivity contribution in [2.24, 2.45) is 0 Å². The smallest absolute Gasteiger partial charge is 0.234 e. The monoisotopic (exact) mass is 470 g/mol. The van der Waals surface area contributed by atoms with Crippen molar-refractivity contribution < 1.29 is 9.53 Å². The van der Waals surface area contributed by atoms with Gasteiger partial charge in [0.2, 0.25) is 5.91 Å². The average Bonchev–Trinajstić information content (AvgIpc) is 3.12. The van der Waals surface area contributed by atoms with Crippen LogP contribution in [-0.2, 0) is 11.3 Å². The van der Waals surface area contributed by atoms with Gasteiger partial charge in [-0.05, 0) is 43.3 Å². The van der Waals surface area contributed by atoms with Crippen molar-refractivity contribution in [3.05, 3.63) is 51.5 Å². The number of amides is 1. The lowest BCUT2D eigenvalue weighted by Crippen LogP contribution is -2.15. The van der Waals surface area contributed by atoms with Gasteiger partial charge in [0.25, 0.3) is 0 Å². The number of ether oxygens (including phenoxy) is 1. The highest BCUT2D eigenvalue weighted by Crippen LogP contribution is 2.33. The SMILES string of the molecule is CCn1c(SCC(=O)Nc2cc(Cl)ccc2Cl)nnc1-c1cc(Cl)ccc1OC. The van der Waals surface area contributed by atoms with E-state index in [4.69, 9.17) is 39.5 Å². The number of aromatic nitrogens is 3. The first kappa shape index (κ1) is 21.8. The summed E-state index contributed by atoms with van der Waals surface area (Å²) in [5.74, 6) is 1.16. The molecule has 152 valence electrons. The van der Waals surface area contributed by atoms with Gasteiger partial charge >= 0.3 is 0 Å². The van der Waals surface area contributed by atoms with E-state index in [1.807, 2.05) is 11.5 Å². The Morgan fingerprint density at radius 1 is 1.14 bits per heavy atom. The van der Waals surface area contributed by atoms with Gasteiger partial charge in [-0.2, -0.15) is 0 Å². The number of hydrogen-bond donors (Lipinski definition) is 1. The molecule has 0 unspecified atom stereocenters. The van der Waals surface area contributed by atoms with Crippen LogP contribution in [0.5, 0.6) is 5.75 Å². The summed E-state index contributed by atoms with van der Waals surface area (Å²) in [6.45, 7) is 2.59. The van der Waals surface area contributed by atoms with Crippen molar-refractivity contribution in [2.75, 3.05) is 18.2 Å². The van der Waals surface area contributed by atoms with E-state index in [0.29, 0.717) is 44.0 Å². The largest absolute Gasteiger partial charge is 0.496 e. The number of benzene rings is 2. The van der Waals surface area contributed by atoms with Crippen molar-refractivity contribution in [1.29, 1.82) is 0 Å². The summed E-state index contributed by atoms with van der Waals surface area (Å²) >= 11 is 19.4. The second kappa shape index (κ2) is 9.71. The maximum atomic E-state index is 12.3. The summed E-state index contributed by atoms with van der Waals surface area (Å²) in [7, 11) is 1.58. The van der Waals surface area contributed by atoms with Crippen molar-refractivity contribution >= 4 is 58.2 Å². The number of rotatable bonds is 7. The first-order valence-electron chi connectivity index (χ1n) is 8.57. The second-order valence-electron chi connectivity index (χ2n) is 5.86. The third-order valence-corrected chi connectivity index (χ3v) is 5.74. The highest BCUT2D eigenvalue weighted by atomic mass is 35.5. The standard InChI is InChI=1S/C19H17Cl3N4O2S/c1-3-26-18(13-8-11(20)5-7-16(13)28-2)24-25-19(26)29-10-17(27)23-15-9-12(21)4-6-14(15)22/h4-9H,3,10H2,1-2H3,(H,23,27). The number of methoxy groups -OCH3 is 1. The van der Waals surface area contributed by atoms with Crippen molar-refractivity contribution in [3.8, 4) is 17.1 Å². The Morgan fingerprint density at radius 3 is 2.59 bits per heavy atom. The number of carbonyl (C=O) groups excluding carboxylic acids is 1. The number of carbonyl (C=O) groups is 1. The van der Waals surface area contributed by atoms with E-state index in [1.165, 1.54) is 11.8 Å². The Bertz CT molecular complexity index is 1040.